The number of hydrogen-bond donors (Lipinski definition) is 3. The Kier molecular flexibility index (Phi) is 7.79. The van der Waals surface area contributed by atoms with Gasteiger partial charge in [0.15, 0.2) is 0 Å². The molecular formula is C21H34BrN3O5. The van der Waals surface area contributed by atoms with Gasteiger partial charge >= 0.3 is 0 Å². The number of alkyl halides is 1. The van der Waals surface area contributed by atoms with Gasteiger partial charge in [-0.05, 0) is 32.1 Å². The molecule has 3 aliphatic rings. The van der Waals surface area contributed by atoms with Crippen LogP contribution in [0.2, 0.25) is 0 Å². The van der Waals surface area contributed by atoms with E-state index in [0.29, 0.717) is 38.9 Å². The molecule has 9 heteroatoms. The lowest BCUT2D eigenvalue weighted by Gasteiger charge is -2.34. The molecule has 8 nitrogen and oxygen atoms in total. The molecule has 0 saturated carbocycles. The van der Waals surface area contributed by atoms with Gasteiger partial charge in [-0.2, -0.15) is 0 Å². The number of aliphatic hydroxyl groups is 1. The fraction of sp³-hybridized carbons (Fsp3) is 0.857. The molecule has 3 heterocycles. The van der Waals surface area contributed by atoms with E-state index in [1.54, 1.807) is 4.90 Å². The quantitative estimate of drug-likeness (QED) is 0.297. The number of rotatable bonds is 11. The van der Waals surface area contributed by atoms with E-state index >= 15 is 0 Å². The predicted octanol–water partition coefficient (Wildman–Crippen LogP) is 0.949. The number of halogens is 1. The highest BCUT2D eigenvalue weighted by atomic mass is 79.9. The first kappa shape index (κ1) is 23.5. The van der Waals surface area contributed by atoms with Gasteiger partial charge in [0.05, 0.1) is 17.9 Å². The molecule has 3 N–H and O–H groups in total. The van der Waals surface area contributed by atoms with Gasteiger partial charge in [0, 0.05) is 31.1 Å². The van der Waals surface area contributed by atoms with E-state index in [4.69, 9.17) is 9.84 Å². The highest BCUT2D eigenvalue weighted by Crippen LogP contribution is 2.59. The molecule has 1 spiro atoms. The third-order valence-electron chi connectivity index (χ3n) is 6.53. The highest BCUT2D eigenvalue weighted by molar-refractivity contribution is 9.09. The van der Waals surface area contributed by atoms with E-state index in [2.05, 4.69) is 33.5 Å². The van der Waals surface area contributed by atoms with Crippen LogP contribution in [0.5, 0.6) is 0 Å². The van der Waals surface area contributed by atoms with Crippen molar-refractivity contribution >= 4 is 33.7 Å². The van der Waals surface area contributed by atoms with Crippen molar-refractivity contribution < 1.29 is 24.2 Å². The first-order valence-corrected chi connectivity index (χ1v) is 12.1. The molecule has 3 aliphatic heterocycles. The Bertz CT molecular complexity index is 663. The van der Waals surface area contributed by atoms with Crippen LogP contribution in [0.1, 0.15) is 52.4 Å². The lowest BCUT2D eigenvalue weighted by Crippen LogP contribution is -2.56. The molecule has 6 atom stereocenters. The van der Waals surface area contributed by atoms with Gasteiger partial charge in [0.2, 0.25) is 17.7 Å². The van der Waals surface area contributed by atoms with E-state index in [9.17, 15) is 14.4 Å². The number of carbonyl (C=O) groups is 3. The summed E-state index contributed by atoms with van der Waals surface area (Å²) >= 11 is 3.65. The molecule has 0 aromatic carbocycles. The van der Waals surface area contributed by atoms with Crippen molar-refractivity contribution in [2.45, 2.75) is 74.9 Å². The normalized spacial score (nSPS) is 34.3. The summed E-state index contributed by atoms with van der Waals surface area (Å²) in [6.45, 7) is 5.53. The van der Waals surface area contributed by atoms with Crippen LogP contribution in [-0.2, 0) is 19.1 Å². The van der Waals surface area contributed by atoms with Crippen molar-refractivity contribution in [3.63, 3.8) is 0 Å². The third kappa shape index (κ3) is 4.00. The summed E-state index contributed by atoms with van der Waals surface area (Å²) in [6.07, 6.45) is 3.88. The van der Waals surface area contributed by atoms with Crippen molar-refractivity contribution in [3.05, 3.63) is 0 Å². The Labute approximate surface area is 186 Å². The zero-order chi connectivity index (χ0) is 21.9. The third-order valence-corrected chi connectivity index (χ3v) is 7.37. The predicted molar refractivity (Wildman–Crippen MR) is 115 cm³/mol. The number of unbranched alkanes of at least 4 members (excludes halogenated alkanes) is 2. The molecular weight excluding hydrogens is 454 g/mol. The van der Waals surface area contributed by atoms with Crippen LogP contribution in [0.3, 0.4) is 0 Å². The maximum absolute atomic E-state index is 13.5. The second-order valence-electron chi connectivity index (χ2n) is 8.56. The Hall–Kier alpha value is -1.19. The average Bonchev–Trinajstić information content (AvgIpc) is 3.30. The van der Waals surface area contributed by atoms with Gasteiger partial charge in [-0.25, -0.2) is 0 Å². The van der Waals surface area contributed by atoms with Gasteiger partial charge in [-0.3, -0.25) is 14.4 Å². The van der Waals surface area contributed by atoms with Crippen LogP contribution >= 0.6 is 15.9 Å². The minimum absolute atomic E-state index is 0.0358. The standard InChI is InChI=1S/C21H34BrN3O5/c1-3-5-9-24-19(28)17-21-12-13(22)16(30-21)14(18(27)23-8-4-2)15(21)20(29)25(17)10-6-7-11-26/h13-17,26H,3-12H2,1-2H3,(H,23,27)(H,24,28)/t13?,14-,15-,16-,17?,21?/m0/s1. The van der Waals surface area contributed by atoms with Gasteiger partial charge in [-0.15, -0.1) is 0 Å². The Morgan fingerprint density at radius 3 is 2.57 bits per heavy atom. The van der Waals surface area contributed by atoms with E-state index < -0.39 is 29.6 Å². The smallest absolute Gasteiger partial charge is 0.245 e. The summed E-state index contributed by atoms with van der Waals surface area (Å²) in [5, 5.41) is 15.0. The number of hydrogen-bond acceptors (Lipinski definition) is 5. The van der Waals surface area contributed by atoms with Gasteiger partial charge in [0.1, 0.15) is 11.6 Å². The molecule has 3 rings (SSSR count). The number of nitrogens with one attached hydrogen (secondary N) is 2. The number of fused-ring (bicyclic) bond motifs is 1. The molecule has 0 aromatic heterocycles. The first-order chi connectivity index (χ1) is 14.4. The fourth-order valence-electron chi connectivity index (χ4n) is 5.22. The number of carbonyl (C=O) groups excluding carboxylic acids is 3. The Balaban J connectivity index is 1.91. The molecule has 30 heavy (non-hydrogen) atoms. The van der Waals surface area contributed by atoms with Crippen molar-refractivity contribution in [1.29, 1.82) is 0 Å². The minimum Gasteiger partial charge on any atom is -0.396 e. The van der Waals surface area contributed by atoms with E-state index in [1.165, 1.54) is 0 Å². The van der Waals surface area contributed by atoms with Crippen molar-refractivity contribution in [1.82, 2.24) is 15.5 Å². The highest BCUT2D eigenvalue weighted by Gasteiger charge is 2.76. The van der Waals surface area contributed by atoms with Crippen LogP contribution < -0.4 is 10.6 Å². The summed E-state index contributed by atoms with van der Waals surface area (Å²) in [6, 6.07) is -0.750. The number of nitrogens with zero attached hydrogens (tertiary/aromatic N) is 1. The molecule has 0 aromatic rings. The largest absolute Gasteiger partial charge is 0.396 e. The number of amides is 3. The van der Waals surface area contributed by atoms with Crippen LogP contribution in [0.4, 0.5) is 0 Å². The van der Waals surface area contributed by atoms with Crippen LogP contribution in [0, 0.1) is 11.8 Å². The van der Waals surface area contributed by atoms with Crippen LogP contribution in [0.25, 0.3) is 0 Å². The first-order valence-electron chi connectivity index (χ1n) is 11.2. The maximum atomic E-state index is 13.5. The van der Waals surface area contributed by atoms with E-state index in [0.717, 1.165) is 19.3 Å². The maximum Gasteiger partial charge on any atom is 0.245 e. The summed E-state index contributed by atoms with van der Waals surface area (Å²) in [4.78, 5) is 41.2. The molecule has 3 saturated heterocycles. The summed E-state index contributed by atoms with van der Waals surface area (Å²) < 4.78 is 6.38. The Morgan fingerprint density at radius 2 is 1.90 bits per heavy atom. The second-order valence-corrected chi connectivity index (χ2v) is 9.74. The summed E-state index contributed by atoms with van der Waals surface area (Å²) in [5.74, 6) is -1.81. The van der Waals surface area contributed by atoms with Crippen LogP contribution in [-0.4, -0.2) is 76.5 Å². The van der Waals surface area contributed by atoms with Gasteiger partial charge < -0.3 is 25.4 Å². The average molecular weight is 488 g/mol. The topological polar surface area (TPSA) is 108 Å². The van der Waals surface area contributed by atoms with Crippen molar-refractivity contribution in [3.8, 4) is 0 Å². The molecule has 0 aliphatic carbocycles. The SMILES string of the molecule is CCCCNC(=O)C1N(CCCCO)C(=O)[C@@H]2[C@H](C(=O)NCCC)[C@H]3OC12CC3Br. The molecule has 3 fully saturated rings. The zero-order valence-corrected chi connectivity index (χ0v) is 19.4. The second kappa shape index (κ2) is 9.96. The van der Waals surface area contributed by atoms with Crippen LogP contribution in [0.15, 0.2) is 0 Å². The monoisotopic (exact) mass is 487 g/mol. The van der Waals surface area contributed by atoms with Crippen molar-refractivity contribution in [2.24, 2.45) is 11.8 Å². The molecule has 0 radical (unpaired) electrons. The summed E-state index contributed by atoms with van der Waals surface area (Å²) in [5.41, 5.74) is -0.986. The Morgan fingerprint density at radius 1 is 1.17 bits per heavy atom. The molecule has 3 unspecified atom stereocenters. The van der Waals surface area contributed by atoms with Crippen molar-refractivity contribution in [2.75, 3.05) is 26.2 Å². The number of likely N-dealkylation sites (tertiary alicyclic amines) is 1. The zero-order valence-electron chi connectivity index (χ0n) is 17.9. The van der Waals surface area contributed by atoms with Gasteiger partial charge in [0.25, 0.3) is 0 Å². The van der Waals surface area contributed by atoms with E-state index in [1.807, 2.05) is 6.92 Å². The fourth-order valence-corrected chi connectivity index (χ4v) is 6.16. The minimum atomic E-state index is -0.986. The molecule has 2 bridgehead atoms. The number of aliphatic hydroxyl groups excluding tert-OH is 1. The van der Waals surface area contributed by atoms with Gasteiger partial charge in [-0.1, -0.05) is 36.2 Å². The summed E-state index contributed by atoms with van der Waals surface area (Å²) in [7, 11) is 0. The lowest BCUT2D eigenvalue weighted by atomic mass is 9.70. The molecule has 3 amide bonds. The van der Waals surface area contributed by atoms with E-state index in [-0.39, 0.29) is 29.2 Å². The molecule has 170 valence electrons. The number of ether oxygens (including phenoxy) is 1. The lowest BCUT2D eigenvalue weighted by molar-refractivity contribution is -0.142.